The van der Waals surface area contributed by atoms with Crippen molar-refractivity contribution >= 4 is 213 Å². The number of fused-ring (bicyclic) bond motifs is 14. The Labute approximate surface area is 793 Å². The second-order valence-electron chi connectivity index (χ2n) is 31.5. The third kappa shape index (κ3) is 17.9. The Kier molecular flexibility index (Phi) is 25.5. The lowest BCUT2D eigenvalue weighted by molar-refractivity contribution is -0.183. The van der Waals surface area contributed by atoms with E-state index in [1.165, 1.54) is 52.6 Å². The highest BCUT2D eigenvalue weighted by atomic mass is 32.7. The minimum absolute atomic E-state index is 0.119. The number of H-pyrrole nitrogens is 3. The molecular weight excluding hydrogens is 2100 g/mol. The molecule has 0 aromatic carbocycles. The van der Waals surface area contributed by atoms with Gasteiger partial charge in [-0.05, 0) is 83.3 Å². The van der Waals surface area contributed by atoms with E-state index in [0.29, 0.717) is 33.6 Å². The molecule has 12 aromatic rings. The molecule has 74 heteroatoms. The average molecular weight is 2160 g/mol. The van der Waals surface area contributed by atoms with E-state index in [2.05, 4.69) is 104 Å². The fraction of sp³-hybridized carbons (Fsp3) is 0.484. The first-order chi connectivity index (χ1) is 65.4. The van der Waals surface area contributed by atoms with Gasteiger partial charge in [0.1, 0.15) is 89.4 Å². The van der Waals surface area contributed by atoms with Gasteiger partial charge in [0, 0.05) is 35.9 Å². The number of thiol groups is 1. The third-order valence-corrected chi connectivity index (χ3v) is 32.2. The fourth-order valence-electron chi connectivity index (χ4n) is 16.6. The number of terminal acetylenes is 1. The van der Waals surface area contributed by atoms with E-state index >= 15 is 22.0 Å². The first-order valence-corrected chi connectivity index (χ1v) is 55.4. The minimum Gasteiger partial charge on any atom is -0.398 e. The maximum Gasteiger partial charge on any atom is 0.386 e. The van der Waals surface area contributed by atoms with Gasteiger partial charge in [0.15, 0.2) is 119 Å². The number of anilines is 6. The molecule has 10 aliphatic rings. The fourth-order valence-corrected chi connectivity index (χ4v) is 25.2. The zero-order valence-electron chi connectivity index (χ0n) is 68.6. The number of hydrogen-bond acceptors (Lipinski definition) is 48. The molecule has 0 spiro atoms. The van der Waals surface area contributed by atoms with Crippen molar-refractivity contribution in [1.29, 1.82) is 0 Å². The Balaban J connectivity index is 0.000000128. The predicted molar refractivity (Wildman–Crippen MR) is 478 cm³/mol. The maximum absolute atomic E-state index is 16.3. The summed E-state index contributed by atoms with van der Waals surface area (Å²) in [7, 11) is 0. The molecule has 10 fully saturated rings. The first kappa shape index (κ1) is 97.1. The molecule has 12 aromatic heterocycles. The molecule has 0 amide bonds. The summed E-state index contributed by atoms with van der Waals surface area (Å²) < 4.78 is 209. The quantitative estimate of drug-likeness (QED) is 0.0463. The van der Waals surface area contributed by atoms with Crippen molar-refractivity contribution in [3.63, 3.8) is 0 Å². The van der Waals surface area contributed by atoms with Gasteiger partial charge in [-0.3, -0.25) is 70.1 Å². The molecule has 8 bridgehead atoms. The van der Waals surface area contributed by atoms with Crippen LogP contribution in [0.3, 0.4) is 0 Å². The number of rotatable bonds is 6. The monoisotopic (exact) mass is 2160 g/mol. The van der Waals surface area contributed by atoms with Gasteiger partial charge in [-0.25, -0.2) is 51.4 Å². The number of alkyl halides is 5. The lowest BCUT2D eigenvalue weighted by atomic mass is 9.98. The Hall–Kier alpha value is -8.35. The number of aromatic amines is 3. The molecule has 22 rings (SSSR count). The number of nitrogen functional groups attached to an aromatic ring is 6. The van der Waals surface area contributed by atoms with Crippen molar-refractivity contribution in [2.45, 2.75) is 147 Å². The number of nitrogens with zero attached hydrogens (tertiary/aromatic N) is 20. The van der Waals surface area contributed by atoms with E-state index in [1.807, 2.05) is 0 Å². The van der Waals surface area contributed by atoms with Crippen LogP contribution in [0.1, 0.15) is 37.4 Å². The lowest BCUT2D eigenvalue weighted by Gasteiger charge is -2.33. The molecule has 10 aliphatic heterocycles. The van der Waals surface area contributed by atoms with E-state index in [-0.39, 0.29) is 74.8 Å². The largest absolute Gasteiger partial charge is 0.398 e. The Morgan fingerprint density at radius 1 is 0.435 bits per heavy atom. The van der Waals surface area contributed by atoms with E-state index in [9.17, 15) is 43.4 Å². The van der Waals surface area contributed by atoms with Gasteiger partial charge in [0.25, 0.3) is 16.7 Å². The molecule has 738 valence electrons. The highest BCUT2D eigenvalue weighted by Gasteiger charge is 2.67. The number of aromatic nitrogens is 23. The number of nitrogens with one attached hydrogen (secondary N) is 3. The normalized spacial score (nSPS) is 38.4. The van der Waals surface area contributed by atoms with Gasteiger partial charge >= 0.3 is 40.4 Å². The van der Waals surface area contributed by atoms with Crippen molar-refractivity contribution in [2.75, 3.05) is 80.7 Å². The lowest BCUT2D eigenvalue weighted by Crippen LogP contribution is -2.46. The number of pyridine rings is 3. The summed E-state index contributed by atoms with van der Waals surface area (Å²) in [5, 5.41) is 23.3. The molecule has 0 radical (unpaired) electrons. The summed E-state index contributed by atoms with van der Waals surface area (Å²) >= 11 is 30.0. The van der Waals surface area contributed by atoms with E-state index in [1.54, 1.807) is 22.8 Å². The van der Waals surface area contributed by atoms with Gasteiger partial charge in [-0.15, -0.1) is 21.7 Å². The SMILES string of the molecule is C#C[C@@]12COP(O)(=S)O[C@@H]3[C@@H](F)[C@@H](COP(=O)(S)O[C@H]1[C@H](F)[C@H](n1cnc4c(N)ccnc41)O2)O[C@H]3n1nnc2c(=O)[nH]c(N)nc21.Nc1nc2c(nnn2[C@@H]2O[C@@H]3COP(O)(=S)O[C@H]4[C@H](F)[C@H](n5ccc6c(N)ccnc65)O[C@@H]4COP(O)(=S)O[C@@H]2[C@H]3F)c(=O)[nH]1.Nc1nc2c(nnn2[C@@H]2O[C@@H]3COP(O)(=S)O[C@H]4[C@H]5OC[C@]4(COP(O)(=S)O[C@@H]2[C@H]3F)O[C@H]5n2cnc3c(N)ccnc32)c(=O)[nH]1. The second kappa shape index (κ2) is 36.2. The molecular formula is C64H68F5N29O28P6S6. The van der Waals surface area contributed by atoms with E-state index in [4.69, 9.17) is 187 Å². The van der Waals surface area contributed by atoms with E-state index in [0.717, 1.165) is 14.0 Å². The molecule has 57 nitrogen and oxygen atoms in total. The highest BCUT2D eigenvalue weighted by molar-refractivity contribution is 8.44. The summed E-state index contributed by atoms with van der Waals surface area (Å²) in [4.78, 5) is 132. The van der Waals surface area contributed by atoms with Crippen molar-refractivity contribution in [1.82, 2.24) is 114 Å². The Bertz CT molecular complexity index is 7430. The van der Waals surface area contributed by atoms with Crippen molar-refractivity contribution in [3.8, 4) is 12.3 Å². The van der Waals surface area contributed by atoms with Crippen LogP contribution in [0.5, 0.6) is 0 Å². The zero-order chi connectivity index (χ0) is 97.5. The number of nitrogens with two attached hydrogens (primary N) is 6. The van der Waals surface area contributed by atoms with E-state index < -0.39 is 243 Å². The van der Waals surface area contributed by atoms with Crippen LogP contribution in [-0.2, 0) is 151 Å². The summed E-state index contributed by atoms with van der Waals surface area (Å²) in [6, 6.07) is 6.28. The maximum atomic E-state index is 16.3. The summed E-state index contributed by atoms with van der Waals surface area (Å²) in [6.07, 6.45) is -21.5. The molecule has 10 saturated heterocycles. The summed E-state index contributed by atoms with van der Waals surface area (Å²) in [6.45, 7) is -30.7. The predicted octanol–water partition coefficient (Wildman–Crippen LogP) is 0.398. The van der Waals surface area contributed by atoms with Crippen molar-refractivity contribution < 1.29 is 138 Å². The van der Waals surface area contributed by atoms with Gasteiger partial charge in [-0.2, -0.15) is 29.0 Å². The first-order valence-electron chi connectivity index (χ1n) is 39.8. The van der Waals surface area contributed by atoms with Crippen LogP contribution in [0.4, 0.5) is 56.9 Å². The molecule has 0 saturated carbocycles. The number of hydrogen-bond donors (Lipinski definition) is 15. The molecule has 30 atom stereocenters. The van der Waals surface area contributed by atoms with Crippen LogP contribution < -0.4 is 51.1 Å². The summed E-state index contributed by atoms with van der Waals surface area (Å²) in [5.74, 6) is 1.36. The van der Waals surface area contributed by atoms with Crippen LogP contribution in [-0.4, -0.2) is 293 Å². The average Bonchev–Trinajstić information content (AvgIpc) is 1.56. The molecule has 138 heavy (non-hydrogen) atoms. The Morgan fingerprint density at radius 3 is 1.33 bits per heavy atom. The van der Waals surface area contributed by atoms with Crippen LogP contribution in [0.15, 0.2) is 76.1 Å². The minimum atomic E-state index is -4.61. The van der Waals surface area contributed by atoms with Gasteiger partial charge < -0.3 is 119 Å². The van der Waals surface area contributed by atoms with Crippen LogP contribution in [0.25, 0.3) is 66.9 Å². The topological polar surface area (TPSA) is 758 Å². The number of imidazole rings is 2. The van der Waals surface area contributed by atoms with Gasteiger partial charge in [0.05, 0.1) is 70.3 Å². The molecule has 20 N–H and O–H groups in total. The van der Waals surface area contributed by atoms with Gasteiger partial charge in [-0.1, -0.05) is 33.8 Å². The summed E-state index contributed by atoms with van der Waals surface area (Å²) in [5.41, 5.74) is 30.2. The van der Waals surface area contributed by atoms with Crippen molar-refractivity contribution in [3.05, 3.63) is 92.8 Å². The molecule has 6 unspecified atom stereocenters. The standard InChI is InChI=1S/C22H22F2N10O9P2S2.C21H23F2N9O9P2S2.C21H23FN10O10P2S2/c1-2-22-6-39-45(37,47)42-14-10(23)9(40-20(14)34-17-13(31-32-34)18(35)30-21(26)29-17)5-38-44(36,46)43-15(22)11(24)19(41-22)33-7-28-12-8(25)3-4-27-16(12)33;22-11-9-5-36-42(34,44)40-14-10(39-19(12(14)23)31-4-2-7-8(24)1-3-26-16(7)31)6-37-43(35,45)41-15(11)20(38-9)32-17-13(29-30-32)18(33)28-21(25)27-17;22-9-8-3-37-43(34,45)42-14-13-18(31-6-26-10-7(23)1-2-25-15(10)31)40-21(14,4-36-13)5-38-44(35,46)41-12(9)19(39-8)32-16-11(29-30-32)17(33)28-20(24)27-16/h1,3-4,7,9-11,14-15,19-20H,5-6H2,(H2,25,27)(H,36,46)(H,37,47)(H3,26,29,30,35);1-4,9-12,14-15,19-20H,5-6H2,(H2,24,26)(H,34,44)(H,35,45)(H3,25,27,28,33);1-2,6,8-9,12-14,18-19H,3-5H2,(H2,23,25)(H,34,45)(H,35,46)(H3,24,27,28,33)/t9-,10+,11+,14-,15+,19-,20-,22-,44?,45?;9-,10-,11+,12+,14-,15-,19-,20-,42?,43?;8-,9+,12-,13-,14+,18-,19-,21-,43?,44?/m111/s1. The third-order valence-electron chi connectivity index (χ3n) is 22.9. The van der Waals surface area contributed by atoms with Crippen molar-refractivity contribution in [2.24, 2.45) is 0 Å². The highest BCUT2D eigenvalue weighted by Crippen LogP contribution is 2.63. The van der Waals surface area contributed by atoms with Gasteiger partial charge in [0.2, 0.25) is 17.8 Å². The zero-order valence-corrected chi connectivity index (χ0v) is 78.9. The second-order valence-corrected chi connectivity index (χ2v) is 48.4. The van der Waals surface area contributed by atoms with Crippen LogP contribution >= 0.6 is 52.6 Å². The number of halogens is 5. The number of ether oxygens (including phenoxy) is 7. The Morgan fingerprint density at radius 2 is 0.848 bits per heavy atom. The molecule has 0 aliphatic carbocycles. The smallest absolute Gasteiger partial charge is 0.386 e. The molecule has 22 heterocycles. The van der Waals surface area contributed by atoms with Crippen LogP contribution in [0.2, 0.25) is 0 Å². The van der Waals surface area contributed by atoms with Crippen LogP contribution in [0, 0.1) is 12.3 Å².